The second-order valence-electron chi connectivity index (χ2n) is 4.34. The Morgan fingerprint density at radius 1 is 0.950 bits per heavy atom. The lowest BCUT2D eigenvalue weighted by Gasteiger charge is -2.03. The quantitative estimate of drug-likeness (QED) is 0.793. The van der Waals surface area contributed by atoms with Crippen molar-refractivity contribution >= 4 is 17.8 Å². The minimum absolute atomic E-state index is 0.348. The molecule has 0 bridgehead atoms. The van der Waals surface area contributed by atoms with Crippen molar-refractivity contribution in [3.8, 4) is 5.75 Å². The number of halogens is 1. The first kappa shape index (κ1) is 14.1. The number of methoxy groups -OCH3 is 1. The molecule has 0 aliphatic rings. The van der Waals surface area contributed by atoms with E-state index in [1.807, 2.05) is 60.7 Å². The maximum atomic E-state index is 12.0. The molecule has 0 aliphatic carbocycles. The fraction of sp³-hybridized carbons (Fsp3) is 0.176. The van der Waals surface area contributed by atoms with Gasteiger partial charge in [-0.3, -0.25) is 0 Å². The highest BCUT2D eigenvalue weighted by Gasteiger charge is 1.93. The van der Waals surface area contributed by atoms with Crippen molar-refractivity contribution in [2.75, 3.05) is 25.6 Å². The molecule has 0 amide bonds. The number of alkyl halides is 1. The normalized spacial score (nSPS) is 10.7. The lowest BCUT2D eigenvalue weighted by Crippen LogP contribution is -2.02. The average Bonchev–Trinajstić information content (AvgIpc) is 2.52. The zero-order valence-corrected chi connectivity index (χ0v) is 11.5. The lowest BCUT2D eigenvalue weighted by atomic mass is 10.1. The van der Waals surface area contributed by atoms with Gasteiger partial charge in [-0.05, 0) is 35.4 Å². The van der Waals surface area contributed by atoms with Crippen LogP contribution in [0.15, 0.2) is 48.5 Å². The second kappa shape index (κ2) is 7.34. The minimum Gasteiger partial charge on any atom is -0.497 e. The molecule has 104 valence electrons. The van der Waals surface area contributed by atoms with Gasteiger partial charge in [0.15, 0.2) is 0 Å². The van der Waals surface area contributed by atoms with Crippen LogP contribution in [0.5, 0.6) is 5.75 Å². The summed E-state index contributed by atoms with van der Waals surface area (Å²) >= 11 is 0. The van der Waals surface area contributed by atoms with Crippen LogP contribution in [0.4, 0.5) is 10.1 Å². The monoisotopic (exact) mass is 271 g/mol. The molecule has 0 spiro atoms. The highest BCUT2D eigenvalue weighted by Crippen LogP contribution is 2.15. The van der Waals surface area contributed by atoms with E-state index in [1.54, 1.807) is 7.11 Å². The molecule has 0 saturated heterocycles. The second-order valence-corrected chi connectivity index (χ2v) is 4.34. The van der Waals surface area contributed by atoms with Crippen molar-refractivity contribution in [1.82, 2.24) is 0 Å². The molecule has 0 aromatic heterocycles. The van der Waals surface area contributed by atoms with Crippen LogP contribution < -0.4 is 10.1 Å². The number of anilines is 1. The number of ether oxygens (including phenoxy) is 1. The van der Waals surface area contributed by atoms with Gasteiger partial charge in [0.05, 0.1) is 7.11 Å². The van der Waals surface area contributed by atoms with Crippen molar-refractivity contribution in [3.63, 3.8) is 0 Å². The lowest BCUT2D eigenvalue weighted by molar-refractivity contribution is 0.415. The van der Waals surface area contributed by atoms with Crippen LogP contribution in [-0.4, -0.2) is 20.3 Å². The van der Waals surface area contributed by atoms with E-state index < -0.39 is 0 Å². The fourth-order valence-electron chi connectivity index (χ4n) is 1.81. The molecular weight excluding hydrogens is 253 g/mol. The Kier molecular flexibility index (Phi) is 5.18. The summed E-state index contributed by atoms with van der Waals surface area (Å²) in [5.74, 6) is 0.852. The van der Waals surface area contributed by atoms with Crippen LogP contribution in [0.1, 0.15) is 11.1 Å². The first-order valence-corrected chi connectivity index (χ1v) is 6.54. The van der Waals surface area contributed by atoms with Crippen LogP contribution in [-0.2, 0) is 0 Å². The van der Waals surface area contributed by atoms with Crippen molar-refractivity contribution < 1.29 is 9.13 Å². The molecule has 2 aromatic rings. The zero-order chi connectivity index (χ0) is 14.2. The van der Waals surface area contributed by atoms with Crippen molar-refractivity contribution in [1.29, 1.82) is 0 Å². The van der Waals surface area contributed by atoms with E-state index in [9.17, 15) is 4.39 Å². The molecule has 0 fully saturated rings. The summed E-state index contributed by atoms with van der Waals surface area (Å²) in [5, 5.41) is 2.99. The third-order valence-corrected chi connectivity index (χ3v) is 2.92. The molecule has 0 unspecified atom stereocenters. The molecule has 0 aliphatic heterocycles. The van der Waals surface area contributed by atoms with Crippen LogP contribution >= 0.6 is 0 Å². The largest absolute Gasteiger partial charge is 0.497 e. The summed E-state index contributed by atoms with van der Waals surface area (Å²) in [7, 11) is 1.66. The van der Waals surface area contributed by atoms with E-state index in [1.165, 1.54) is 0 Å². The molecule has 0 heterocycles. The molecule has 0 atom stereocenters. The molecule has 1 N–H and O–H groups in total. The van der Waals surface area contributed by atoms with Crippen LogP contribution in [0.2, 0.25) is 0 Å². The van der Waals surface area contributed by atoms with Gasteiger partial charge >= 0.3 is 0 Å². The fourth-order valence-corrected chi connectivity index (χ4v) is 1.81. The van der Waals surface area contributed by atoms with E-state index in [0.29, 0.717) is 6.54 Å². The Hall–Kier alpha value is -2.29. The molecular formula is C17H18FNO. The number of rotatable bonds is 6. The molecule has 3 heteroatoms. The van der Waals surface area contributed by atoms with Gasteiger partial charge in [-0.25, -0.2) is 4.39 Å². The van der Waals surface area contributed by atoms with E-state index in [-0.39, 0.29) is 6.67 Å². The topological polar surface area (TPSA) is 21.3 Å². The van der Waals surface area contributed by atoms with Gasteiger partial charge in [-0.2, -0.15) is 0 Å². The predicted octanol–water partition coefficient (Wildman–Crippen LogP) is 4.25. The third kappa shape index (κ3) is 4.12. The minimum atomic E-state index is -0.362. The predicted molar refractivity (Wildman–Crippen MR) is 82.8 cm³/mol. The maximum absolute atomic E-state index is 12.0. The third-order valence-electron chi connectivity index (χ3n) is 2.92. The Morgan fingerprint density at radius 2 is 1.50 bits per heavy atom. The highest BCUT2D eigenvalue weighted by atomic mass is 19.1. The van der Waals surface area contributed by atoms with Crippen LogP contribution in [0.25, 0.3) is 12.2 Å². The number of nitrogens with one attached hydrogen (secondary N) is 1. The SMILES string of the molecule is COc1ccc(C=Cc2ccc(NCCF)cc2)cc1. The molecule has 0 radical (unpaired) electrons. The summed E-state index contributed by atoms with van der Waals surface area (Å²) < 4.78 is 17.2. The van der Waals surface area contributed by atoms with E-state index >= 15 is 0 Å². The molecule has 20 heavy (non-hydrogen) atoms. The number of benzene rings is 2. The van der Waals surface area contributed by atoms with Gasteiger partial charge in [0.2, 0.25) is 0 Å². The van der Waals surface area contributed by atoms with Crippen LogP contribution in [0.3, 0.4) is 0 Å². The van der Waals surface area contributed by atoms with Gasteiger partial charge in [-0.15, -0.1) is 0 Å². The summed E-state index contributed by atoms with van der Waals surface area (Å²) in [5.41, 5.74) is 3.15. The molecule has 2 nitrogen and oxygen atoms in total. The van der Waals surface area contributed by atoms with Crippen molar-refractivity contribution in [3.05, 3.63) is 59.7 Å². The maximum Gasteiger partial charge on any atom is 0.118 e. The summed E-state index contributed by atoms with van der Waals surface area (Å²) in [4.78, 5) is 0. The molecule has 2 rings (SSSR count). The number of hydrogen-bond acceptors (Lipinski definition) is 2. The summed E-state index contributed by atoms with van der Waals surface area (Å²) in [6.07, 6.45) is 4.09. The molecule has 2 aromatic carbocycles. The number of hydrogen-bond donors (Lipinski definition) is 1. The Balaban J connectivity index is 1.99. The average molecular weight is 271 g/mol. The molecule has 0 saturated carbocycles. The first-order chi connectivity index (χ1) is 9.81. The summed E-state index contributed by atoms with van der Waals surface area (Å²) in [6, 6.07) is 15.8. The van der Waals surface area contributed by atoms with Gasteiger partial charge in [0.1, 0.15) is 12.4 Å². The Morgan fingerprint density at radius 3 is 2.00 bits per heavy atom. The van der Waals surface area contributed by atoms with Gasteiger partial charge in [-0.1, -0.05) is 36.4 Å². The smallest absolute Gasteiger partial charge is 0.118 e. The van der Waals surface area contributed by atoms with Gasteiger partial charge in [0, 0.05) is 12.2 Å². The summed E-state index contributed by atoms with van der Waals surface area (Å²) in [6.45, 7) is -0.0137. The Labute approximate surface area is 118 Å². The van der Waals surface area contributed by atoms with Crippen LogP contribution in [0, 0.1) is 0 Å². The van der Waals surface area contributed by atoms with E-state index in [0.717, 1.165) is 22.6 Å². The standard InChI is InChI=1S/C17H18FNO/c1-20-17-10-6-15(7-11-17)3-2-14-4-8-16(9-5-14)19-13-12-18/h2-11,19H,12-13H2,1H3. The van der Waals surface area contributed by atoms with Crippen molar-refractivity contribution in [2.24, 2.45) is 0 Å². The highest BCUT2D eigenvalue weighted by molar-refractivity contribution is 5.70. The van der Waals surface area contributed by atoms with Gasteiger partial charge < -0.3 is 10.1 Å². The van der Waals surface area contributed by atoms with Crippen molar-refractivity contribution in [2.45, 2.75) is 0 Å². The zero-order valence-electron chi connectivity index (χ0n) is 11.5. The first-order valence-electron chi connectivity index (χ1n) is 6.54. The van der Waals surface area contributed by atoms with E-state index in [4.69, 9.17) is 4.74 Å². The van der Waals surface area contributed by atoms with Gasteiger partial charge in [0.25, 0.3) is 0 Å². The van der Waals surface area contributed by atoms with E-state index in [2.05, 4.69) is 5.32 Å². The Bertz CT molecular complexity index is 546.